The minimum Gasteiger partial charge on any atom is -1.00 e. The number of alkyl halides is 2. The average Bonchev–Trinajstić information content (AvgIpc) is 0.790. The van der Waals surface area contributed by atoms with E-state index in [1.165, 1.54) is 16.7 Å². The second kappa shape index (κ2) is 44.1. The first-order valence-corrected chi connectivity index (χ1v) is 44.2. The van der Waals surface area contributed by atoms with Crippen LogP contribution in [0.1, 0.15) is 121 Å². The predicted molar refractivity (Wildman–Crippen MR) is 474 cm³/mol. The Labute approximate surface area is 743 Å². The van der Waals surface area contributed by atoms with Gasteiger partial charge in [-0.25, -0.2) is 25.3 Å². The molecule has 0 aromatic heterocycles. The Morgan fingerprint density at radius 2 is 0.558 bits per heavy atom. The second-order valence-electron chi connectivity index (χ2n) is 30.0. The van der Waals surface area contributed by atoms with E-state index in [4.69, 9.17) is 70.9 Å². The average molecular weight is 1730 g/mol. The standard InChI is InChI=1S/C37H44O8S.C31H30Cl2O3S.C29H28O4S.CH4O.Na.H/c1-27-7-13-33(14-8-27)46(38,39)34-15-11-32(12-16-34)45-36-18-10-31(24-29(36)26-44-22-20-41-5)37(2,3)30-9-17-35(42-6)28(23-30)25-43-21-19-40-4;1-21-5-12-28(13-6-21)37(34,35)29-14-10-27(11-15-29)36-30-16-9-26(18-24(30)20-33)31(3,4)25-8-7-22(2)23(17-25)19-32;1-21-5-17-27(18-6-21)34(30,31)28-19-15-26(16-20-28)33-25-13-9-23(10-14-25)29(2,3)22-7-11-24(32-4)12-8-22;1-2;;/h7-18,23-24H,19-22,25-26H2,1-6H3;5-18H,19-20H2,1-4H3;5-20H,1-4H3;2H,1H3;;/q;;;;+1;-1. The summed E-state index contributed by atoms with van der Waals surface area (Å²) in [6, 6.07) is 80.7. The van der Waals surface area contributed by atoms with E-state index in [2.05, 4.69) is 115 Å². The molecule has 16 nitrogen and oxygen atoms in total. The Morgan fingerprint density at radius 1 is 0.300 bits per heavy atom. The first-order chi connectivity index (χ1) is 56.8. The molecule has 0 bridgehead atoms. The monoisotopic (exact) mass is 1730 g/mol. The Hall–Kier alpha value is -9.13. The largest absolute Gasteiger partial charge is 1.00 e. The zero-order valence-electron chi connectivity index (χ0n) is 72.1. The summed E-state index contributed by atoms with van der Waals surface area (Å²) in [6.45, 7) is 23.5. The normalized spacial score (nSPS) is 11.6. The van der Waals surface area contributed by atoms with Crippen molar-refractivity contribution in [1.82, 2.24) is 0 Å². The number of aryl methyl sites for hydroxylation is 4. The number of ether oxygens (including phenoxy) is 9. The SMILES string of the molecule is CO.COCCOCc1cc(C(C)(C)c2ccc(Oc3ccc(S(=O)(=O)c4ccc(C)cc4)cc3)c(COCCOC)c2)ccc1OC.COc1ccc(C(C)(C)c2ccc(Oc3ccc(S(=O)(=O)c4ccc(C)cc4)cc3)cc2)cc1.Cc1ccc(S(=O)(=O)c2ccc(Oc3ccc(C(C)(C)c4ccc(C)c(CCl)c4)cc3CCl)cc2)cc1.[H-].[Na+]. The van der Waals surface area contributed by atoms with Crippen LogP contribution in [0.3, 0.4) is 0 Å². The zero-order valence-corrected chi connectivity index (χ0v) is 77.1. The van der Waals surface area contributed by atoms with Gasteiger partial charge in [0.2, 0.25) is 29.5 Å². The van der Waals surface area contributed by atoms with E-state index in [9.17, 15) is 25.3 Å². The Kier molecular flexibility index (Phi) is 35.4. The van der Waals surface area contributed by atoms with E-state index in [0.29, 0.717) is 80.0 Å². The van der Waals surface area contributed by atoms with Gasteiger partial charge in [0.05, 0.1) is 89.1 Å². The van der Waals surface area contributed by atoms with Crippen molar-refractivity contribution in [2.75, 3.05) is 62.0 Å². The molecule has 0 aliphatic heterocycles. The third-order valence-corrected chi connectivity index (χ3v) is 26.7. The topological polar surface area (TPSA) is 206 Å². The molecule has 0 atom stereocenters. The van der Waals surface area contributed by atoms with Crippen LogP contribution < -0.4 is 53.2 Å². The fourth-order valence-electron chi connectivity index (χ4n) is 12.9. The van der Waals surface area contributed by atoms with Gasteiger partial charge in [-0.1, -0.05) is 155 Å². The minimum absolute atomic E-state index is 0. The van der Waals surface area contributed by atoms with E-state index in [1.54, 1.807) is 174 Å². The molecule has 628 valence electrons. The summed E-state index contributed by atoms with van der Waals surface area (Å²) >= 11 is 12.5. The molecular weight excluding hydrogens is 1620 g/mol. The molecule has 0 saturated heterocycles. The summed E-state index contributed by atoms with van der Waals surface area (Å²) in [6.07, 6.45) is 0. The Bertz CT molecular complexity index is 5660. The summed E-state index contributed by atoms with van der Waals surface area (Å²) in [5, 5.41) is 7.00. The van der Waals surface area contributed by atoms with Gasteiger partial charge in [0.1, 0.15) is 46.0 Å². The first kappa shape index (κ1) is 96.3. The summed E-state index contributed by atoms with van der Waals surface area (Å²) in [5.74, 6) is 5.91. The fraction of sp³-hybridized carbons (Fsp3) is 0.265. The maximum atomic E-state index is 13.1. The molecule has 12 rings (SSSR count). The molecule has 0 saturated carbocycles. The van der Waals surface area contributed by atoms with Gasteiger partial charge in [0.15, 0.2) is 0 Å². The molecule has 0 spiro atoms. The summed E-state index contributed by atoms with van der Waals surface area (Å²) in [7, 11) is -3.20. The molecule has 0 unspecified atom stereocenters. The fourth-order valence-corrected chi connectivity index (χ4v) is 17.2. The number of hydrogen-bond acceptors (Lipinski definition) is 16. The van der Waals surface area contributed by atoms with E-state index < -0.39 is 29.5 Å². The smallest absolute Gasteiger partial charge is 1.00 e. The van der Waals surface area contributed by atoms with Crippen molar-refractivity contribution in [2.24, 2.45) is 0 Å². The van der Waals surface area contributed by atoms with Crippen LogP contribution in [-0.2, 0) is 89.7 Å². The van der Waals surface area contributed by atoms with Crippen LogP contribution in [0.25, 0.3) is 0 Å². The van der Waals surface area contributed by atoms with Crippen LogP contribution in [-0.4, -0.2) is 92.3 Å². The molecule has 12 aromatic rings. The van der Waals surface area contributed by atoms with Crippen molar-refractivity contribution >= 4 is 52.7 Å². The number of benzene rings is 12. The van der Waals surface area contributed by atoms with Gasteiger partial charge in [-0.3, -0.25) is 0 Å². The number of hydrogen-bond donors (Lipinski definition) is 1. The molecule has 0 fully saturated rings. The van der Waals surface area contributed by atoms with Crippen molar-refractivity contribution < 1.29 is 104 Å². The van der Waals surface area contributed by atoms with Gasteiger partial charge in [0.25, 0.3) is 0 Å². The molecule has 0 radical (unpaired) electrons. The molecule has 0 amide bonds. The van der Waals surface area contributed by atoms with Gasteiger partial charge in [-0.15, -0.1) is 23.2 Å². The third kappa shape index (κ3) is 24.6. The maximum Gasteiger partial charge on any atom is 1.00 e. The van der Waals surface area contributed by atoms with Gasteiger partial charge in [-0.2, -0.15) is 0 Å². The second-order valence-corrected chi connectivity index (χ2v) is 36.4. The number of aliphatic hydroxyl groups excluding tert-OH is 1. The summed E-state index contributed by atoms with van der Waals surface area (Å²) in [5.41, 5.74) is 14.0. The molecular formula is C98H107Cl2NaO16S3. The molecule has 1 N–H and O–H groups in total. The summed E-state index contributed by atoms with van der Waals surface area (Å²) < 4.78 is 129. The van der Waals surface area contributed by atoms with Gasteiger partial charge in [0, 0.05) is 60.1 Å². The number of aliphatic hydroxyl groups is 1. The molecule has 120 heavy (non-hydrogen) atoms. The minimum atomic E-state index is -3.64. The van der Waals surface area contributed by atoms with Crippen LogP contribution >= 0.6 is 23.2 Å². The predicted octanol–water partition coefficient (Wildman–Crippen LogP) is 19.7. The summed E-state index contributed by atoms with van der Waals surface area (Å²) in [4.78, 5) is 1.45. The number of sulfone groups is 3. The van der Waals surface area contributed by atoms with E-state index in [-0.39, 0.29) is 82.5 Å². The van der Waals surface area contributed by atoms with Gasteiger partial charge >= 0.3 is 29.6 Å². The molecule has 22 heteroatoms. The number of rotatable bonds is 32. The van der Waals surface area contributed by atoms with Gasteiger partial charge < -0.3 is 49.2 Å². The zero-order chi connectivity index (χ0) is 86.3. The van der Waals surface area contributed by atoms with E-state index >= 15 is 0 Å². The Morgan fingerprint density at radius 3 is 0.883 bits per heavy atom. The molecule has 0 heterocycles. The maximum absolute atomic E-state index is 13.1. The number of methoxy groups -OCH3 is 4. The van der Waals surface area contributed by atoms with Crippen molar-refractivity contribution in [2.45, 2.75) is 140 Å². The van der Waals surface area contributed by atoms with Crippen LogP contribution in [0, 0.1) is 27.7 Å². The van der Waals surface area contributed by atoms with Gasteiger partial charge in [-0.05, 0) is 242 Å². The first-order valence-electron chi connectivity index (χ1n) is 38.6. The van der Waals surface area contributed by atoms with Crippen molar-refractivity contribution in [3.8, 4) is 46.0 Å². The quantitative estimate of drug-likeness (QED) is 0.0236. The van der Waals surface area contributed by atoms with E-state index in [0.717, 1.165) is 79.8 Å². The molecule has 0 aliphatic carbocycles. The van der Waals surface area contributed by atoms with Crippen molar-refractivity contribution in [3.63, 3.8) is 0 Å². The van der Waals surface area contributed by atoms with Crippen LogP contribution in [0.5, 0.6) is 46.0 Å². The van der Waals surface area contributed by atoms with Crippen LogP contribution in [0.4, 0.5) is 0 Å². The van der Waals surface area contributed by atoms with E-state index in [1.807, 2.05) is 75.4 Å². The third-order valence-electron chi connectivity index (χ3n) is 20.8. The van der Waals surface area contributed by atoms with Crippen molar-refractivity contribution in [1.29, 1.82) is 0 Å². The number of halogens is 2. The van der Waals surface area contributed by atoms with Crippen molar-refractivity contribution in [3.05, 3.63) is 345 Å². The van der Waals surface area contributed by atoms with Crippen LogP contribution in [0.15, 0.2) is 296 Å². The molecule has 12 aromatic carbocycles. The van der Waals surface area contributed by atoms with Crippen LogP contribution in [0.2, 0.25) is 0 Å². The molecule has 0 aliphatic rings. The Balaban J connectivity index is 0.000000248.